The van der Waals surface area contributed by atoms with Gasteiger partial charge in [-0.3, -0.25) is 4.79 Å². The van der Waals surface area contributed by atoms with Crippen LogP contribution in [0.2, 0.25) is 0 Å². The van der Waals surface area contributed by atoms with Crippen LogP contribution in [0.25, 0.3) is 0 Å². The van der Waals surface area contributed by atoms with Crippen LogP contribution in [-0.2, 0) is 14.6 Å². The highest BCUT2D eigenvalue weighted by Crippen LogP contribution is 2.19. The molecule has 2 aromatic carbocycles. The quantitative estimate of drug-likeness (QED) is 0.848. The molecule has 2 aromatic rings. The van der Waals surface area contributed by atoms with Crippen molar-refractivity contribution in [2.24, 2.45) is 0 Å². The minimum atomic E-state index is -3.52. The average molecular weight is 341 g/mol. The lowest BCUT2D eigenvalue weighted by atomic mass is 10.3. The van der Waals surface area contributed by atoms with Crippen LogP contribution in [0, 0.1) is 11.6 Å². The maximum atomic E-state index is 13.6. The minimum absolute atomic E-state index is 0.117. The third kappa shape index (κ3) is 4.75. The van der Waals surface area contributed by atoms with Crippen molar-refractivity contribution >= 4 is 21.4 Å². The Balaban J connectivity index is 2.04. The van der Waals surface area contributed by atoms with Gasteiger partial charge in [-0.05, 0) is 42.5 Å². The molecular weight excluding hydrogens is 328 g/mol. The fourth-order valence-electron chi connectivity index (χ4n) is 1.70. The Morgan fingerprint density at radius 1 is 1.13 bits per heavy atom. The topological polar surface area (TPSA) is 72.5 Å². The van der Waals surface area contributed by atoms with Gasteiger partial charge in [0.2, 0.25) is 0 Å². The standard InChI is InChI=1S/C15H13F2NO4S/c1-23(20,21)12-6-7-13(17)14(8-12)18-15(19)9-22-11-4-2-10(16)3-5-11/h2-8H,9H2,1H3,(H,18,19). The molecule has 0 heterocycles. The van der Waals surface area contributed by atoms with Gasteiger partial charge in [0.25, 0.3) is 5.91 Å². The molecular formula is C15H13F2NO4S. The lowest BCUT2D eigenvalue weighted by Crippen LogP contribution is -2.21. The van der Waals surface area contributed by atoms with E-state index in [2.05, 4.69) is 5.32 Å². The summed E-state index contributed by atoms with van der Waals surface area (Å²) in [4.78, 5) is 11.6. The number of benzene rings is 2. The number of rotatable bonds is 5. The van der Waals surface area contributed by atoms with Crippen LogP contribution in [0.1, 0.15) is 0 Å². The number of ether oxygens (including phenoxy) is 1. The molecule has 5 nitrogen and oxygen atoms in total. The van der Waals surface area contributed by atoms with Crippen LogP contribution < -0.4 is 10.1 Å². The summed E-state index contributed by atoms with van der Waals surface area (Å²) in [5.74, 6) is -1.63. The monoisotopic (exact) mass is 341 g/mol. The van der Waals surface area contributed by atoms with E-state index in [4.69, 9.17) is 4.74 Å². The third-order valence-electron chi connectivity index (χ3n) is 2.82. The van der Waals surface area contributed by atoms with E-state index in [-0.39, 0.29) is 16.3 Å². The molecule has 23 heavy (non-hydrogen) atoms. The Morgan fingerprint density at radius 3 is 2.39 bits per heavy atom. The van der Waals surface area contributed by atoms with E-state index >= 15 is 0 Å². The first-order valence-corrected chi connectivity index (χ1v) is 8.32. The highest BCUT2D eigenvalue weighted by Gasteiger charge is 2.13. The molecule has 2 rings (SSSR count). The zero-order chi connectivity index (χ0) is 17.0. The van der Waals surface area contributed by atoms with Gasteiger partial charge in [-0.2, -0.15) is 0 Å². The largest absolute Gasteiger partial charge is 0.484 e. The number of anilines is 1. The molecule has 0 aliphatic rings. The summed E-state index contributed by atoms with van der Waals surface area (Å²) in [5, 5.41) is 2.23. The first kappa shape index (κ1) is 16.9. The van der Waals surface area contributed by atoms with E-state index in [0.717, 1.165) is 24.5 Å². The number of sulfone groups is 1. The van der Waals surface area contributed by atoms with Gasteiger partial charge in [0, 0.05) is 6.26 Å². The van der Waals surface area contributed by atoms with Crippen molar-refractivity contribution in [3.05, 3.63) is 54.1 Å². The maximum Gasteiger partial charge on any atom is 0.262 e. The number of halogens is 2. The predicted octanol–water partition coefficient (Wildman–Crippen LogP) is 2.39. The summed E-state index contributed by atoms with van der Waals surface area (Å²) >= 11 is 0. The summed E-state index contributed by atoms with van der Waals surface area (Å²) < 4.78 is 54.3. The van der Waals surface area contributed by atoms with Crippen molar-refractivity contribution in [2.45, 2.75) is 4.90 Å². The van der Waals surface area contributed by atoms with Crippen LogP contribution >= 0.6 is 0 Å². The molecule has 0 aromatic heterocycles. The predicted molar refractivity (Wildman–Crippen MR) is 80.0 cm³/mol. The molecule has 0 radical (unpaired) electrons. The van der Waals surface area contributed by atoms with Gasteiger partial charge in [0.1, 0.15) is 17.4 Å². The van der Waals surface area contributed by atoms with Crippen molar-refractivity contribution in [3.8, 4) is 5.75 Å². The Morgan fingerprint density at radius 2 is 1.78 bits per heavy atom. The first-order chi connectivity index (χ1) is 10.8. The van der Waals surface area contributed by atoms with Gasteiger partial charge in [-0.15, -0.1) is 0 Å². The number of carbonyl (C=O) groups is 1. The zero-order valence-electron chi connectivity index (χ0n) is 12.0. The molecule has 1 N–H and O–H groups in total. The Kier molecular flexibility index (Phi) is 4.95. The lowest BCUT2D eigenvalue weighted by molar-refractivity contribution is -0.118. The second-order valence-corrected chi connectivity index (χ2v) is 6.72. The maximum absolute atomic E-state index is 13.6. The molecule has 0 unspecified atom stereocenters. The number of carbonyl (C=O) groups excluding carboxylic acids is 1. The second kappa shape index (κ2) is 6.74. The molecule has 1 amide bonds. The highest BCUT2D eigenvalue weighted by molar-refractivity contribution is 7.90. The van der Waals surface area contributed by atoms with Crippen molar-refractivity contribution in [1.82, 2.24) is 0 Å². The molecule has 0 atom stereocenters. The fourth-order valence-corrected chi connectivity index (χ4v) is 2.34. The number of amides is 1. The summed E-state index contributed by atoms with van der Waals surface area (Å²) in [6.45, 7) is -0.436. The molecule has 0 fully saturated rings. The molecule has 0 aliphatic carbocycles. The van der Waals surface area contributed by atoms with E-state index in [9.17, 15) is 22.0 Å². The van der Waals surface area contributed by atoms with Crippen molar-refractivity contribution in [1.29, 1.82) is 0 Å². The summed E-state index contributed by atoms with van der Waals surface area (Å²) in [7, 11) is -3.52. The summed E-state index contributed by atoms with van der Waals surface area (Å²) in [5.41, 5.74) is -0.263. The van der Waals surface area contributed by atoms with Gasteiger partial charge in [-0.1, -0.05) is 0 Å². The Bertz CT molecular complexity index is 820. The van der Waals surface area contributed by atoms with Crippen molar-refractivity contribution < 1.29 is 26.7 Å². The van der Waals surface area contributed by atoms with Crippen molar-refractivity contribution in [2.75, 3.05) is 18.2 Å². The third-order valence-corrected chi connectivity index (χ3v) is 3.93. The van der Waals surface area contributed by atoms with Crippen LogP contribution in [0.3, 0.4) is 0 Å². The van der Waals surface area contributed by atoms with Crippen LogP contribution in [-0.4, -0.2) is 27.2 Å². The highest BCUT2D eigenvalue weighted by atomic mass is 32.2. The van der Waals surface area contributed by atoms with Gasteiger partial charge in [0.15, 0.2) is 16.4 Å². The second-order valence-electron chi connectivity index (χ2n) is 4.70. The minimum Gasteiger partial charge on any atom is -0.484 e. The molecule has 8 heteroatoms. The van der Waals surface area contributed by atoms with Gasteiger partial charge in [0.05, 0.1) is 10.6 Å². The van der Waals surface area contributed by atoms with E-state index < -0.39 is 34.0 Å². The molecule has 0 saturated carbocycles. The normalized spacial score (nSPS) is 11.1. The van der Waals surface area contributed by atoms with E-state index in [1.165, 1.54) is 24.3 Å². The Labute approximate surface area is 131 Å². The zero-order valence-corrected chi connectivity index (χ0v) is 12.9. The van der Waals surface area contributed by atoms with Crippen molar-refractivity contribution in [3.63, 3.8) is 0 Å². The van der Waals surface area contributed by atoms with Gasteiger partial charge in [-0.25, -0.2) is 17.2 Å². The van der Waals surface area contributed by atoms with Crippen LogP contribution in [0.15, 0.2) is 47.4 Å². The molecule has 0 bridgehead atoms. The molecule has 0 saturated heterocycles. The average Bonchev–Trinajstić information content (AvgIpc) is 2.48. The van der Waals surface area contributed by atoms with Gasteiger partial charge < -0.3 is 10.1 Å². The smallest absolute Gasteiger partial charge is 0.262 e. The van der Waals surface area contributed by atoms with E-state index in [1.54, 1.807) is 0 Å². The van der Waals surface area contributed by atoms with Gasteiger partial charge >= 0.3 is 0 Å². The Hall–Kier alpha value is -2.48. The molecule has 0 spiro atoms. The summed E-state index contributed by atoms with van der Waals surface area (Å²) in [6, 6.07) is 8.11. The molecule has 0 aliphatic heterocycles. The van der Waals surface area contributed by atoms with Crippen LogP contribution in [0.4, 0.5) is 14.5 Å². The van der Waals surface area contributed by atoms with E-state index in [1.807, 2.05) is 0 Å². The fraction of sp³-hybridized carbons (Fsp3) is 0.133. The first-order valence-electron chi connectivity index (χ1n) is 6.43. The number of hydrogen-bond acceptors (Lipinski definition) is 4. The number of nitrogens with one attached hydrogen (secondary N) is 1. The lowest BCUT2D eigenvalue weighted by Gasteiger charge is -2.09. The molecule has 122 valence electrons. The number of hydrogen-bond donors (Lipinski definition) is 1. The van der Waals surface area contributed by atoms with E-state index in [0.29, 0.717) is 0 Å². The van der Waals surface area contributed by atoms with Crippen LogP contribution in [0.5, 0.6) is 5.75 Å². The SMILES string of the molecule is CS(=O)(=O)c1ccc(F)c(NC(=O)COc2ccc(F)cc2)c1. The summed E-state index contributed by atoms with van der Waals surface area (Å²) in [6.07, 6.45) is 0.976.